The van der Waals surface area contributed by atoms with Crippen molar-refractivity contribution in [2.45, 2.75) is 0 Å². The Morgan fingerprint density at radius 3 is 2.65 bits per heavy atom. The lowest BCUT2D eigenvalue weighted by Gasteiger charge is -2.12. The number of anilines is 2. The number of hydrogen-bond donors (Lipinski definition) is 1. The molecule has 106 valence electrons. The predicted molar refractivity (Wildman–Crippen MR) is 77.9 cm³/mol. The van der Waals surface area contributed by atoms with Crippen molar-refractivity contribution < 1.29 is 9.13 Å². The molecule has 8 heteroatoms. The average molecular weight is 342 g/mol. The van der Waals surface area contributed by atoms with Gasteiger partial charge >= 0.3 is 6.01 Å². The maximum atomic E-state index is 13.7. The minimum absolute atomic E-state index is 0.0186. The fraction of sp³-hybridized carbons (Fsp3) is 0.250. The smallest absolute Gasteiger partial charge is 0.328 e. The maximum Gasteiger partial charge on any atom is 0.328 e. The van der Waals surface area contributed by atoms with Gasteiger partial charge in [0.2, 0.25) is 11.9 Å². The summed E-state index contributed by atoms with van der Waals surface area (Å²) in [5.41, 5.74) is 0. The van der Waals surface area contributed by atoms with Gasteiger partial charge in [0.25, 0.3) is 0 Å². The third-order valence-corrected chi connectivity index (χ3v) is 2.81. The van der Waals surface area contributed by atoms with E-state index in [0.29, 0.717) is 16.4 Å². The molecule has 20 heavy (non-hydrogen) atoms. The van der Waals surface area contributed by atoms with E-state index in [-0.39, 0.29) is 11.8 Å². The molecule has 0 fully saturated rings. The predicted octanol–water partition coefficient (Wildman–Crippen LogP) is 2.67. The van der Waals surface area contributed by atoms with Crippen LogP contribution >= 0.6 is 15.9 Å². The van der Waals surface area contributed by atoms with Gasteiger partial charge in [-0.15, -0.1) is 0 Å². The van der Waals surface area contributed by atoms with Crippen molar-refractivity contribution in [3.63, 3.8) is 0 Å². The van der Waals surface area contributed by atoms with Crippen LogP contribution in [0.25, 0.3) is 0 Å². The van der Waals surface area contributed by atoms with Gasteiger partial charge in [-0.1, -0.05) is 15.9 Å². The lowest BCUT2D eigenvalue weighted by molar-refractivity contribution is 0.410. The molecule has 0 saturated heterocycles. The van der Waals surface area contributed by atoms with Crippen LogP contribution < -0.4 is 15.0 Å². The monoisotopic (exact) mass is 341 g/mol. The molecule has 2 rings (SSSR count). The number of ether oxygens (including phenoxy) is 1. The van der Waals surface area contributed by atoms with Gasteiger partial charge in [0, 0.05) is 25.6 Å². The zero-order chi connectivity index (χ0) is 14.7. The molecule has 0 aliphatic heterocycles. The summed E-state index contributed by atoms with van der Waals surface area (Å²) in [5.74, 6) is 0.298. The van der Waals surface area contributed by atoms with Gasteiger partial charge in [-0.25, -0.2) is 4.39 Å². The van der Waals surface area contributed by atoms with Crippen molar-refractivity contribution in [3.05, 3.63) is 28.5 Å². The van der Waals surface area contributed by atoms with E-state index in [1.807, 2.05) is 0 Å². The fourth-order valence-corrected chi connectivity index (χ4v) is 1.70. The summed E-state index contributed by atoms with van der Waals surface area (Å²) in [6.45, 7) is 0. The molecule has 2 aromatic rings. The van der Waals surface area contributed by atoms with E-state index >= 15 is 0 Å². The molecule has 0 radical (unpaired) electrons. The highest BCUT2D eigenvalue weighted by Gasteiger charge is 2.12. The molecule has 0 unspecified atom stereocenters. The second-order valence-corrected chi connectivity index (χ2v) is 4.98. The lowest BCUT2D eigenvalue weighted by atomic mass is 10.3. The van der Waals surface area contributed by atoms with Crippen molar-refractivity contribution in [2.24, 2.45) is 0 Å². The van der Waals surface area contributed by atoms with Crippen LogP contribution in [0.4, 0.5) is 16.3 Å². The Labute approximate surface area is 124 Å². The zero-order valence-electron chi connectivity index (χ0n) is 11.2. The highest BCUT2D eigenvalue weighted by molar-refractivity contribution is 9.10. The molecule has 0 atom stereocenters. The highest BCUT2D eigenvalue weighted by Crippen LogP contribution is 2.26. The molecule has 0 aliphatic rings. The van der Waals surface area contributed by atoms with Crippen LogP contribution in [0.15, 0.2) is 22.7 Å². The van der Waals surface area contributed by atoms with Crippen molar-refractivity contribution in [1.29, 1.82) is 0 Å². The van der Waals surface area contributed by atoms with Crippen molar-refractivity contribution in [3.8, 4) is 11.8 Å². The average Bonchev–Trinajstić information content (AvgIpc) is 2.42. The Balaban J connectivity index is 2.37. The minimum Gasteiger partial charge on any atom is -0.421 e. The summed E-state index contributed by atoms with van der Waals surface area (Å²) in [6.07, 6.45) is 0. The first-order valence-corrected chi connectivity index (χ1v) is 6.53. The van der Waals surface area contributed by atoms with Crippen LogP contribution in [0, 0.1) is 5.82 Å². The minimum atomic E-state index is -0.494. The second-order valence-electron chi connectivity index (χ2n) is 4.06. The van der Waals surface area contributed by atoms with E-state index < -0.39 is 5.82 Å². The Morgan fingerprint density at radius 2 is 2.00 bits per heavy atom. The summed E-state index contributed by atoms with van der Waals surface area (Å²) in [6, 6.07) is 4.41. The van der Waals surface area contributed by atoms with E-state index in [4.69, 9.17) is 4.74 Å². The van der Waals surface area contributed by atoms with E-state index in [2.05, 4.69) is 36.2 Å². The quantitative estimate of drug-likeness (QED) is 0.922. The molecule has 0 amide bonds. The number of aromatic nitrogens is 3. The van der Waals surface area contributed by atoms with Crippen LogP contribution in [-0.4, -0.2) is 36.1 Å². The summed E-state index contributed by atoms with van der Waals surface area (Å²) in [4.78, 5) is 14.0. The van der Waals surface area contributed by atoms with Crippen molar-refractivity contribution in [2.75, 3.05) is 31.4 Å². The summed E-state index contributed by atoms with van der Waals surface area (Å²) in [7, 11) is 5.26. The number of nitrogens with zero attached hydrogens (tertiary/aromatic N) is 4. The third kappa shape index (κ3) is 3.32. The lowest BCUT2D eigenvalue weighted by Crippen LogP contribution is -2.15. The van der Waals surface area contributed by atoms with E-state index in [0.717, 1.165) is 0 Å². The van der Waals surface area contributed by atoms with Gasteiger partial charge in [-0.3, -0.25) is 0 Å². The molecule has 6 nitrogen and oxygen atoms in total. The van der Waals surface area contributed by atoms with Crippen LogP contribution in [0.5, 0.6) is 11.8 Å². The number of rotatable bonds is 4. The summed E-state index contributed by atoms with van der Waals surface area (Å²) in [5, 5.41) is 2.80. The van der Waals surface area contributed by atoms with Gasteiger partial charge in [0.15, 0.2) is 11.6 Å². The SMILES string of the molecule is CNc1nc(Oc2cc(Br)ccc2F)nc(N(C)C)n1. The fourth-order valence-electron chi connectivity index (χ4n) is 1.36. The van der Waals surface area contributed by atoms with Gasteiger partial charge in [0.1, 0.15) is 0 Å². The first-order valence-electron chi connectivity index (χ1n) is 5.73. The maximum absolute atomic E-state index is 13.7. The van der Waals surface area contributed by atoms with Crippen LogP contribution in [-0.2, 0) is 0 Å². The third-order valence-electron chi connectivity index (χ3n) is 2.32. The largest absolute Gasteiger partial charge is 0.421 e. The van der Waals surface area contributed by atoms with Crippen molar-refractivity contribution >= 4 is 27.8 Å². The Morgan fingerprint density at radius 1 is 1.25 bits per heavy atom. The van der Waals surface area contributed by atoms with Gasteiger partial charge < -0.3 is 15.0 Å². The number of hydrogen-bond acceptors (Lipinski definition) is 6. The molecular formula is C12H13BrFN5O. The number of benzene rings is 1. The van der Waals surface area contributed by atoms with E-state index in [1.54, 1.807) is 32.1 Å². The van der Waals surface area contributed by atoms with Gasteiger partial charge in [-0.05, 0) is 18.2 Å². The summed E-state index contributed by atoms with van der Waals surface area (Å²) < 4.78 is 19.7. The van der Waals surface area contributed by atoms with Crippen molar-refractivity contribution in [1.82, 2.24) is 15.0 Å². The topological polar surface area (TPSA) is 63.2 Å². The summed E-state index contributed by atoms with van der Waals surface area (Å²) >= 11 is 3.26. The standard InChI is InChI=1S/C12H13BrFN5O/c1-15-10-16-11(19(2)3)18-12(17-10)20-9-6-7(13)4-5-8(9)14/h4-6H,1-3H3,(H,15,16,17,18). The molecule has 0 saturated carbocycles. The zero-order valence-corrected chi connectivity index (χ0v) is 12.8. The Hall–Kier alpha value is -1.96. The molecular weight excluding hydrogens is 329 g/mol. The van der Waals surface area contributed by atoms with Gasteiger partial charge in [0.05, 0.1) is 0 Å². The second kappa shape index (κ2) is 6.00. The van der Waals surface area contributed by atoms with Crippen LogP contribution in [0.1, 0.15) is 0 Å². The first-order chi connectivity index (χ1) is 9.49. The molecule has 0 spiro atoms. The molecule has 1 aromatic heterocycles. The van der Waals surface area contributed by atoms with Gasteiger partial charge in [-0.2, -0.15) is 15.0 Å². The number of nitrogens with one attached hydrogen (secondary N) is 1. The molecule has 1 heterocycles. The molecule has 0 aliphatic carbocycles. The van der Waals surface area contributed by atoms with E-state index in [9.17, 15) is 4.39 Å². The molecule has 1 N–H and O–H groups in total. The first kappa shape index (κ1) is 14.4. The van der Waals surface area contributed by atoms with Crippen LogP contribution in [0.2, 0.25) is 0 Å². The van der Waals surface area contributed by atoms with Crippen LogP contribution in [0.3, 0.4) is 0 Å². The normalized spacial score (nSPS) is 10.2. The Kier molecular flexibility index (Phi) is 4.33. The Bertz CT molecular complexity index is 623. The number of halogens is 2. The van der Waals surface area contributed by atoms with E-state index in [1.165, 1.54) is 12.1 Å². The molecule has 1 aromatic carbocycles. The molecule has 0 bridgehead atoms. The highest BCUT2D eigenvalue weighted by atomic mass is 79.9.